The third-order valence-electron chi connectivity index (χ3n) is 1.59. The van der Waals surface area contributed by atoms with Gasteiger partial charge in [0.15, 0.2) is 6.61 Å². The van der Waals surface area contributed by atoms with E-state index >= 15 is 0 Å². The van der Waals surface area contributed by atoms with Crippen LogP contribution in [0, 0.1) is 17.2 Å². The van der Waals surface area contributed by atoms with Crippen LogP contribution in [0.2, 0.25) is 0 Å². The van der Waals surface area contributed by atoms with Gasteiger partial charge in [-0.15, -0.1) is 0 Å². The summed E-state index contributed by atoms with van der Waals surface area (Å²) in [7, 11) is 0. The first-order valence-electron chi connectivity index (χ1n) is 3.55. The maximum absolute atomic E-state index is 11.0. The number of carbonyl (C=O) groups is 1. The van der Waals surface area contributed by atoms with Crippen LogP contribution in [-0.4, -0.2) is 12.6 Å². The van der Waals surface area contributed by atoms with Gasteiger partial charge < -0.3 is 4.74 Å². The van der Waals surface area contributed by atoms with Crippen molar-refractivity contribution in [2.24, 2.45) is 5.92 Å². The summed E-state index contributed by atoms with van der Waals surface area (Å²) in [6.07, 6.45) is 5.55. The summed E-state index contributed by atoms with van der Waals surface area (Å²) in [5.41, 5.74) is 0. The molecule has 1 unspecified atom stereocenters. The zero-order chi connectivity index (χ0) is 8.10. The molecule has 3 heteroatoms. The first-order valence-corrected chi connectivity index (χ1v) is 3.55. The van der Waals surface area contributed by atoms with Crippen molar-refractivity contribution >= 4 is 5.97 Å². The van der Waals surface area contributed by atoms with Crippen LogP contribution in [0.1, 0.15) is 12.8 Å². The Morgan fingerprint density at radius 2 is 2.64 bits per heavy atom. The van der Waals surface area contributed by atoms with Gasteiger partial charge in [-0.3, -0.25) is 4.79 Å². The third-order valence-corrected chi connectivity index (χ3v) is 1.59. The minimum absolute atomic E-state index is 0.108. The Balaban J connectivity index is 2.30. The van der Waals surface area contributed by atoms with Crippen molar-refractivity contribution in [1.82, 2.24) is 0 Å². The molecule has 0 saturated heterocycles. The molecule has 1 rings (SSSR count). The largest absolute Gasteiger partial charge is 0.450 e. The highest BCUT2D eigenvalue weighted by molar-refractivity contribution is 5.75. The standard InChI is InChI=1S/C8H9NO2/c9-5-6-11-8(10)7-3-1-2-4-7/h1,3,7H,2,4,6H2. The first kappa shape index (κ1) is 7.80. The van der Waals surface area contributed by atoms with E-state index in [-0.39, 0.29) is 18.5 Å². The number of rotatable bonds is 2. The van der Waals surface area contributed by atoms with Gasteiger partial charge >= 0.3 is 5.97 Å². The Bertz CT molecular complexity index is 215. The second-order valence-electron chi connectivity index (χ2n) is 2.38. The van der Waals surface area contributed by atoms with Crippen LogP contribution >= 0.6 is 0 Å². The van der Waals surface area contributed by atoms with Crippen molar-refractivity contribution in [1.29, 1.82) is 5.26 Å². The van der Waals surface area contributed by atoms with Crippen LogP contribution in [0.15, 0.2) is 12.2 Å². The van der Waals surface area contributed by atoms with Crippen LogP contribution < -0.4 is 0 Å². The van der Waals surface area contributed by atoms with Crippen molar-refractivity contribution in [2.45, 2.75) is 12.8 Å². The van der Waals surface area contributed by atoms with E-state index in [1.165, 1.54) is 0 Å². The molecule has 0 fully saturated rings. The van der Waals surface area contributed by atoms with E-state index in [0.717, 1.165) is 12.8 Å². The maximum atomic E-state index is 11.0. The fourth-order valence-corrected chi connectivity index (χ4v) is 1.04. The van der Waals surface area contributed by atoms with Crippen molar-refractivity contribution in [3.63, 3.8) is 0 Å². The molecule has 1 aliphatic rings. The van der Waals surface area contributed by atoms with Crippen molar-refractivity contribution in [2.75, 3.05) is 6.61 Å². The molecule has 11 heavy (non-hydrogen) atoms. The SMILES string of the molecule is N#CCOC(=O)C1C=CCC1. The Labute approximate surface area is 65.3 Å². The Morgan fingerprint density at radius 3 is 3.18 bits per heavy atom. The van der Waals surface area contributed by atoms with Crippen LogP contribution in [-0.2, 0) is 9.53 Å². The van der Waals surface area contributed by atoms with Gasteiger partial charge in [0.2, 0.25) is 0 Å². The quantitative estimate of drug-likeness (QED) is 0.437. The highest BCUT2D eigenvalue weighted by Crippen LogP contribution is 2.17. The van der Waals surface area contributed by atoms with E-state index < -0.39 is 0 Å². The number of carbonyl (C=O) groups excluding carboxylic acids is 1. The average Bonchev–Trinajstić information content (AvgIpc) is 2.52. The summed E-state index contributed by atoms with van der Waals surface area (Å²) >= 11 is 0. The molecule has 0 N–H and O–H groups in total. The highest BCUT2D eigenvalue weighted by Gasteiger charge is 2.18. The minimum atomic E-state index is -0.277. The van der Waals surface area contributed by atoms with Crippen LogP contribution in [0.25, 0.3) is 0 Å². The molecule has 0 radical (unpaired) electrons. The molecule has 0 aromatic heterocycles. The summed E-state index contributed by atoms with van der Waals surface area (Å²) in [5, 5.41) is 8.11. The number of allylic oxidation sites excluding steroid dienone is 1. The molecule has 0 bridgehead atoms. The van der Waals surface area contributed by atoms with Crippen LogP contribution in [0.5, 0.6) is 0 Å². The van der Waals surface area contributed by atoms with Gasteiger partial charge in [0, 0.05) is 0 Å². The van der Waals surface area contributed by atoms with Gasteiger partial charge in [-0.05, 0) is 12.8 Å². The van der Waals surface area contributed by atoms with Crippen molar-refractivity contribution < 1.29 is 9.53 Å². The highest BCUT2D eigenvalue weighted by atomic mass is 16.5. The molecule has 0 heterocycles. The van der Waals surface area contributed by atoms with E-state index in [1.807, 2.05) is 12.2 Å². The fourth-order valence-electron chi connectivity index (χ4n) is 1.04. The molecule has 0 aromatic carbocycles. The molecule has 0 amide bonds. The maximum Gasteiger partial charge on any atom is 0.313 e. The van der Waals surface area contributed by atoms with Crippen LogP contribution in [0.4, 0.5) is 0 Å². The van der Waals surface area contributed by atoms with E-state index in [9.17, 15) is 4.79 Å². The number of ether oxygens (including phenoxy) is 1. The molecule has 0 aliphatic heterocycles. The second-order valence-corrected chi connectivity index (χ2v) is 2.38. The fraction of sp³-hybridized carbons (Fsp3) is 0.500. The topological polar surface area (TPSA) is 50.1 Å². The molecule has 1 aliphatic carbocycles. The molecule has 0 saturated carbocycles. The normalized spacial score (nSPS) is 21.2. The van der Waals surface area contributed by atoms with Crippen molar-refractivity contribution in [3.8, 4) is 6.07 Å². The summed E-state index contributed by atoms with van der Waals surface area (Å²) in [6, 6.07) is 1.75. The lowest BCUT2D eigenvalue weighted by Gasteiger charge is -2.04. The summed E-state index contributed by atoms with van der Waals surface area (Å²) < 4.78 is 4.62. The lowest BCUT2D eigenvalue weighted by Crippen LogP contribution is -2.13. The van der Waals surface area contributed by atoms with E-state index in [0.29, 0.717) is 0 Å². The molecule has 0 aromatic rings. The number of nitrogens with zero attached hydrogens (tertiary/aromatic N) is 1. The molecule has 3 nitrogen and oxygen atoms in total. The molecule has 1 atom stereocenters. The molecule has 0 spiro atoms. The minimum Gasteiger partial charge on any atom is -0.450 e. The smallest absolute Gasteiger partial charge is 0.313 e. The Hall–Kier alpha value is -1.30. The zero-order valence-corrected chi connectivity index (χ0v) is 6.12. The zero-order valence-electron chi connectivity index (χ0n) is 6.12. The lowest BCUT2D eigenvalue weighted by molar-refractivity contribution is -0.145. The Kier molecular flexibility index (Phi) is 2.67. The number of hydrogen-bond donors (Lipinski definition) is 0. The predicted octanol–water partition coefficient (Wildman–Crippen LogP) is 1.02. The molecular weight excluding hydrogens is 142 g/mol. The summed E-state index contributed by atoms with van der Waals surface area (Å²) in [5.74, 6) is -0.386. The number of esters is 1. The third kappa shape index (κ3) is 2.08. The van der Waals surface area contributed by atoms with Crippen molar-refractivity contribution in [3.05, 3.63) is 12.2 Å². The summed E-state index contributed by atoms with van der Waals surface area (Å²) in [6.45, 7) is -0.136. The average molecular weight is 151 g/mol. The lowest BCUT2D eigenvalue weighted by atomic mass is 10.1. The monoisotopic (exact) mass is 151 g/mol. The predicted molar refractivity (Wildman–Crippen MR) is 38.4 cm³/mol. The van der Waals surface area contributed by atoms with Gasteiger partial charge in [0.05, 0.1) is 5.92 Å². The number of nitriles is 1. The summed E-state index contributed by atoms with van der Waals surface area (Å²) in [4.78, 5) is 11.0. The molecule has 58 valence electrons. The van der Waals surface area contributed by atoms with E-state index in [4.69, 9.17) is 5.26 Å². The van der Waals surface area contributed by atoms with Gasteiger partial charge in [0.1, 0.15) is 6.07 Å². The van der Waals surface area contributed by atoms with Crippen LogP contribution in [0.3, 0.4) is 0 Å². The number of hydrogen-bond acceptors (Lipinski definition) is 3. The van der Waals surface area contributed by atoms with E-state index in [2.05, 4.69) is 4.74 Å². The van der Waals surface area contributed by atoms with Gasteiger partial charge in [-0.25, -0.2) is 0 Å². The molecular formula is C8H9NO2. The second kappa shape index (κ2) is 3.77. The van der Waals surface area contributed by atoms with Gasteiger partial charge in [-0.1, -0.05) is 12.2 Å². The van der Waals surface area contributed by atoms with Gasteiger partial charge in [0.25, 0.3) is 0 Å². The van der Waals surface area contributed by atoms with E-state index in [1.54, 1.807) is 6.07 Å². The van der Waals surface area contributed by atoms with Gasteiger partial charge in [-0.2, -0.15) is 5.26 Å². The Morgan fingerprint density at radius 1 is 1.82 bits per heavy atom. The first-order chi connectivity index (χ1) is 5.34.